The van der Waals surface area contributed by atoms with E-state index in [1.807, 2.05) is 0 Å². The molecular weight excluding hydrogens is 232 g/mol. The van der Waals surface area contributed by atoms with Crippen LogP contribution in [0.15, 0.2) is 12.1 Å². The Kier molecular flexibility index (Phi) is 2.66. The molecule has 0 radical (unpaired) electrons. The Morgan fingerprint density at radius 3 is 2.76 bits per heavy atom. The number of aromatic nitrogens is 2. The van der Waals surface area contributed by atoms with E-state index in [0.29, 0.717) is 11.3 Å². The number of nitrogens with zero attached hydrogens (tertiary/aromatic N) is 1. The molecule has 0 spiro atoms. The van der Waals surface area contributed by atoms with Crippen LogP contribution in [0.25, 0.3) is 11.0 Å². The van der Waals surface area contributed by atoms with E-state index in [4.69, 9.17) is 5.11 Å². The minimum Gasteiger partial charge on any atom is -0.465 e. The van der Waals surface area contributed by atoms with Crippen molar-refractivity contribution in [2.75, 3.05) is 0 Å². The molecule has 3 N–H and O–H groups in total. The van der Waals surface area contributed by atoms with Gasteiger partial charge in [0.15, 0.2) is 11.6 Å². The number of carbonyl (C=O) groups is 1. The molecule has 1 unspecified atom stereocenters. The number of hydrogen-bond acceptors (Lipinski definition) is 2. The second kappa shape index (κ2) is 4.00. The number of fused-ring (bicyclic) bond motifs is 1. The largest absolute Gasteiger partial charge is 0.465 e. The van der Waals surface area contributed by atoms with Crippen LogP contribution in [0.4, 0.5) is 13.6 Å². The minimum atomic E-state index is -1.20. The zero-order valence-electron chi connectivity index (χ0n) is 8.79. The monoisotopic (exact) mass is 241 g/mol. The van der Waals surface area contributed by atoms with Crippen molar-refractivity contribution in [3.05, 3.63) is 29.6 Å². The van der Waals surface area contributed by atoms with Crippen LogP contribution >= 0.6 is 0 Å². The second-order valence-corrected chi connectivity index (χ2v) is 3.58. The standard InChI is InChI=1S/C10H9F2N3O2/c1-4(13-10(16)17)9-14-7-2-5(11)6(12)3-8(7)15-9/h2-4,13H,1H3,(H,14,15)(H,16,17). The Morgan fingerprint density at radius 2 is 2.12 bits per heavy atom. The van der Waals surface area contributed by atoms with Crippen LogP contribution in [0.3, 0.4) is 0 Å². The van der Waals surface area contributed by atoms with Gasteiger partial charge in [-0.25, -0.2) is 18.6 Å². The maximum absolute atomic E-state index is 12.9. The Bertz CT molecular complexity index is 543. The topological polar surface area (TPSA) is 78.0 Å². The number of imidazole rings is 1. The maximum Gasteiger partial charge on any atom is 0.405 e. The molecule has 1 heterocycles. The normalized spacial score (nSPS) is 12.6. The summed E-state index contributed by atoms with van der Waals surface area (Å²) in [4.78, 5) is 17.1. The van der Waals surface area contributed by atoms with E-state index in [2.05, 4.69) is 15.3 Å². The number of aromatic amines is 1. The van der Waals surface area contributed by atoms with Crippen molar-refractivity contribution in [3.63, 3.8) is 0 Å². The first-order chi connectivity index (χ1) is 7.97. The molecule has 0 saturated heterocycles. The number of hydrogen-bond donors (Lipinski definition) is 3. The minimum absolute atomic E-state index is 0.248. The summed E-state index contributed by atoms with van der Waals surface area (Å²) in [5.74, 6) is -1.67. The van der Waals surface area contributed by atoms with Gasteiger partial charge in [0.25, 0.3) is 0 Å². The molecule has 1 aromatic carbocycles. The number of halogens is 2. The SMILES string of the molecule is CC(NC(=O)O)c1nc2cc(F)c(F)cc2[nH]1. The van der Waals surface area contributed by atoms with Gasteiger partial charge < -0.3 is 15.4 Å². The van der Waals surface area contributed by atoms with E-state index in [-0.39, 0.29) is 5.52 Å². The molecule has 0 aliphatic carbocycles. The maximum atomic E-state index is 12.9. The first-order valence-corrected chi connectivity index (χ1v) is 4.81. The van der Waals surface area contributed by atoms with Gasteiger partial charge in [0.1, 0.15) is 5.82 Å². The fourth-order valence-corrected chi connectivity index (χ4v) is 1.48. The molecule has 90 valence electrons. The summed E-state index contributed by atoms with van der Waals surface area (Å²) >= 11 is 0. The van der Waals surface area contributed by atoms with Crippen LogP contribution in [0.2, 0.25) is 0 Å². The van der Waals surface area contributed by atoms with E-state index >= 15 is 0 Å². The van der Waals surface area contributed by atoms with E-state index in [1.54, 1.807) is 6.92 Å². The molecule has 0 fully saturated rings. The molecule has 0 aliphatic heterocycles. The van der Waals surface area contributed by atoms with Gasteiger partial charge in [0, 0.05) is 12.1 Å². The highest BCUT2D eigenvalue weighted by molar-refractivity contribution is 5.75. The van der Waals surface area contributed by atoms with E-state index in [9.17, 15) is 13.6 Å². The van der Waals surface area contributed by atoms with Crippen molar-refractivity contribution >= 4 is 17.1 Å². The number of carboxylic acid groups (broad SMARTS) is 1. The van der Waals surface area contributed by atoms with E-state index in [1.165, 1.54) is 0 Å². The van der Waals surface area contributed by atoms with Gasteiger partial charge in [-0.3, -0.25) is 0 Å². The zero-order valence-corrected chi connectivity index (χ0v) is 8.79. The predicted octanol–water partition coefficient (Wildman–Crippen LogP) is 2.17. The van der Waals surface area contributed by atoms with Gasteiger partial charge in [-0.2, -0.15) is 0 Å². The van der Waals surface area contributed by atoms with Crippen LogP contribution in [0.5, 0.6) is 0 Å². The summed E-state index contributed by atoms with van der Waals surface area (Å²) < 4.78 is 25.9. The summed E-state index contributed by atoms with van der Waals surface area (Å²) in [6, 6.07) is 1.35. The highest BCUT2D eigenvalue weighted by atomic mass is 19.2. The first-order valence-electron chi connectivity index (χ1n) is 4.81. The molecule has 17 heavy (non-hydrogen) atoms. The quantitative estimate of drug-likeness (QED) is 0.753. The van der Waals surface area contributed by atoms with Crippen molar-refractivity contribution in [1.29, 1.82) is 0 Å². The summed E-state index contributed by atoms with van der Waals surface area (Å²) in [5, 5.41) is 10.7. The molecule has 1 amide bonds. The average molecular weight is 241 g/mol. The van der Waals surface area contributed by atoms with Crippen LogP contribution in [-0.2, 0) is 0 Å². The average Bonchev–Trinajstić information content (AvgIpc) is 2.60. The fraction of sp³-hybridized carbons (Fsp3) is 0.200. The highest BCUT2D eigenvalue weighted by Gasteiger charge is 2.14. The van der Waals surface area contributed by atoms with E-state index < -0.39 is 23.8 Å². The lowest BCUT2D eigenvalue weighted by atomic mass is 10.3. The number of amides is 1. The third kappa shape index (κ3) is 2.17. The van der Waals surface area contributed by atoms with Crippen LogP contribution in [0, 0.1) is 11.6 Å². The molecule has 0 saturated carbocycles. The van der Waals surface area contributed by atoms with Crippen molar-refractivity contribution < 1.29 is 18.7 Å². The lowest BCUT2D eigenvalue weighted by Gasteiger charge is -2.06. The van der Waals surface area contributed by atoms with Crippen molar-refractivity contribution in [1.82, 2.24) is 15.3 Å². The van der Waals surface area contributed by atoms with Crippen LogP contribution in [-0.4, -0.2) is 21.2 Å². The lowest BCUT2D eigenvalue weighted by molar-refractivity contribution is 0.190. The summed E-state index contributed by atoms with van der Waals surface area (Å²) in [6.45, 7) is 1.57. The van der Waals surface area contributed by atoms with Gasteiger partial charge in [-0.1, -0.05) is 0 Å². The second-order valence-electron chi connectivity index (χ2n) is 3.58. The van der Waals surface area contributed by atoms with Gasteiger partial charge in [-0.05, 0) is 6.92 Å². The number of nitrogens with one attached hydrogen (secondary N) is 2. The van der Waals surface area contributed by atoms with Crippen molar-refractivity contribution in [2.24, 2.45) is 0 Å². The van der Waals surface area contributed by atoms with Gasteiger partial charge in [0.05, 0.1) is 17.1 Å². The lowest BCUT2D eigenvalue weighted by Crippen LogP contribution is -2.25. The molecule has 5 nitrogen and oxygen atoms in total. The van der Waals surface area contributed by atoms with Crippen LogP contribution < -0.4 is 5.32 Å². The Morgan fingerprint density at radius 1 is 1.47 bits per heavy atom. The smallest absolute Gasteiger partial charge is 0.405 e. The summed E-state index contributed by atoms with van der Waals surface area (Å²) in [5.41, 5.74) is 0.566. The third-order valence-corrected chi connectivity index (χ3v) is 2.29. The van der Waals surface area contributed by atoms with E-state index in [0.717, 1.165) is 12.1 Å². The highest BCUT2D eigenvalue weighted by Crippen LogP contribution is 2.19. The Balaban J connectivity index is 2.41. The molecular formula is C10H9F2N3O2. The van der Waals surface area contributed by atoms with Gasteiger partial charge in [-0.15, -0.1) is 0 Å². The molecule has 0 bridgehead atoms. The Hall–Kier alpha value is -2.18. The molecule has 2 rings (SSSR count). The number of H-pyrrole nitrogens is 1. The first kappa shape index (κ1) is 11.3. The third-order valence-electron chi connectivity index (χ3n) is 2.29. The Labute approximate surface area is 94.5 Å². The van der Waals surface area contributed by atoms with Crippen molar-refractivity contribution in [3.8, 4) is 0 Å². The van der Waals surface area contributed by atoms with Crippen LogP contribution in [0.1, 0.15) is 18.8 Å². The fourth-order valence-electron chi connectivity index (χ4n) is 1.48. The summed E-state index contributed by atoms with van der Waals surface area (Å²) in [6.07, 6.45) is -1.20. The molecule has 1 atom stereocenters. The molecule has 2 aromatic rings. The summed E-state index contributed by atoms with van der Waals surface area (Å²) in [7, 11) is 0. The molecule has 7 heteroatoms. The van der Waals surface area contributed by atoms with Gasteiger partial charge >= 0.3 is 6.09 Å². The zero-order chi connectivity index (χ0) is 12.6. The van der Waals surface area contributed by atoms with Crippen molar-refractivity contribution in [2.45, 2.75) is 13.0 Å². The predicted molar refractivity (Wildman–Crippen MR) is 55.6 cm³/mol. The molecule has 1 aromatic heterocycles. The van der Waals surface area contributed by atoms with Gasteiger partial charge in [0.2, 0.25) is 0 Å². The molecule has 0 aliphatic rings. The number of rotatable bonds is 2. The number of benzene rings is 1.